The molecule has 1 aliphatic rings. The largest absolute Gasteiger partial charge is 0.481 e. The third kappa shape index (κ3) is 5.65. The van der Waals surface area contributed by atoms with E-state index in [9.17, 15) is 19.5 Å². The van der Waals surface area contributed by atoms with Crippen LogP contribution < -0.4 is 0 Å². The Morgan fingerprint density at radius 1 is 1.20 bits per heavy atom. The summed E-state index contributed by atoms with van der Waals surface area (Å²) in [5, 5.41) is 10.1. The van der Waals surface area contributed by atoms with E-state index >= 15 is 0 Å². The molecule has 1 heterocycles. The third-order valence-corrected chi connectivity index (χ3v) is 5.19. The summed E-state index contributed by atoms with van der Waals surface area (Å²) in [5.41, 5.74) is 0.878. The van der Waals surface area contributed by atoms with Crippen LogP contribution in [0.15, 0.2) is 12.1 Å². The van der Waals surface area contributed by atoms with Crippen molar-refractivity contribution in [3.8, 4) is 0 Å². The number of carbonyl (C=O) groups is 3. The van der Waals surface area contributed by atoms with Crippen LogP contribution in [-0.2, 0) is 20.7 Å². The van der Waals surface area contributed by atoms with Crippen molar-refractivity contribution in [1.82, 2.24) is 4.90 Å². The number of carbonyl (C=O) groups excluding carboxylic acids is 2. The Labute approximate surface area is 182 Å². The zero-order valence-electron chi connectivity index (χ0n) is 18.2. The smallest absolute Gasteiger partial charge is 0.410 e. The fraction of sp³-hybridized carbons (Fsp3) is 0.591. The Kier molecular flexibility index (Phi) is 7.75. The summed E-state index contributed by atoms with van der Waals surface area (Å²) in [4.78, 5) is 38.6. The van der Waals surface area contributed by atoms with Gasteiger partial charge in [0.2, 0.25) is 0 Å². The van der Waals surface area contributed by atoms with E-state index in [0.29, 0.717) is 5.56 Å². The maximum absolute atomic E-state index is 12.6. The Hall–Kier alpha value is -2.28. The molecule has 0 bridgehead atoms. The van der Waals surface area contributed by atoms with E-state index in [1.54, 1.807) is 33.8 Å². The SMILES string of the molecule is CCCc1cc(Cl)c(C(=O)OCC)c(C2CN(C(=O)OC(C)(C)C)CC2C(=O)O)c1. The summed E-state index contributed by atoms with van der Waals surface area (Å²) in [5.74, 6) is -3.14. The van der Waals surface area contributed by atoms with Gasteiger partial charge in [0.15, 0.2) is 0 Å². The van der Waals surface area contributed by atoms with Crippen molar-refractivity contribution >= 4 is 29.6 Å². The molecular formula is C22H30ClNO6. The van der Waals surface area contributed by atoms with Crippen LogP contribution in [-0.4, -0.2) is 53.3 Å². The molecule has 1 N–H and O–H groups in total. The number of benzene rings is 1. The number of esters is 1. The van der Waals surface area contributed by atoms with Crippen LogP contribution >= 0.6 is 11.6 Å². The van der Waals surface area contributed by atoms with Crippen LogP contribution in [0.5, 0.6) is 0 Å². The van der Waals surface area contributed by atoms with Crippen LogP contribution in [0.1, 0.15) is 68.4 Å². The lowest BCUT2D eigenvalue weighted by Crippen LogP contribution is -2.35. The Morgan fingerprint density at radius 3 is 2.40 bits per heavy atom. The second-order valence-electron chi connectivity index (χ2n) is 8.45. The zero-order valence-corrected chi connectivity index (χ0v) is 18.9. The summed E-state index contributed by atoms with van der Waals surface area (Å²) in [6.07, 6.45) is 1.02. The molecule has 30 heavy (non-hydrogen) atoms. The van der Waals surface area contributed by atoms with Crippen LogP contribution in [0.3, 0.4) is 0 Å². The number of aryl methyl sites for hydroxylation is 1. The lowest BCUT2D eigenvalue weighted by molar-refractivity contribution is -0.141. The molecule has 166 valence electrons. The van der Waals surface area contributed by atoms with E-state index in [2.05, 4.69) is 0 Å². The predicted molar refractivity (Wildman–Crippen MR) is 113 cm³/mol. The van der Waals surface area contributed by atoms with Crippen molar-refractivity contribution < 1.29 is 29.0 Å². The molecule has 1 aromatic carbocycles. The quantitative estimate of drug-likeness (QED) is 0.655. The highest BCUT2D eigenvalue weighted by Crippen LogP contribution is 2.39. The Bertz CT molecular complexity index is 817. The van der Waals surface area contributed by atoms with Gasteiger partial charge in [-0.1, -0.05) is 31.0 Å². The fourth-order valence-electron chi connectivity index (χ4n) is 3.68. The number of hydrogen-bond donors (Lipinski definition) is 1. The number of hydrogen-bond acceptors (Lipinski definition) is 5. The first-order chi connectivity index (χ1) is 14.0. The van der Waals surface area contributed by atoms with Crippen LogP contribution in [0.4, 0.5) is 4.79 Å². The van der Waals surface area contributed by atoms with Gasteiger partial charge in [0.1, 0.15) is 5.60 Å². The minimum absolute atomic E-state index is 0.00714. The molecular weight excluding hydrogens is 410 g/mol. The van der Waals surface area contributed by atoms with Gasteiger partial charge in [-0.05, 0) is 51.3 Å². The van der Waals surface area contributed by atoms with Gasteiger partial charge in [0.25, 0.3) is 0 Å². The topological polar surface area (TPSA) is 93.1 Å². The second-order valence-corrected chi connectivity index (χ2v) is 8.86. The number of amides is 1. The van der Waals surface area contributed by atoms with E-state index in [-0.39, 0.29) is 30.3 Å². The van der Waals surface area contributed by atoms with E-state index in [1.807, 2.05) is 13.0 Å². The highest BCUT2D eigenvalue weighted by atomic mass is 35.5. The zero-order chi connectivity index (χ0) is 22.6. The summed E-state index contributed by atoms with van der Waals surface area (Å²) in [7, 11) is 0. The average Bonchev–Trinajstić information content (AvgIpc) is 3.06. The highest BCUT2D eigenvalue weighted by molar-refractivity contribution is 6.33. The first-order valence-corrected chi connectivity index (χ1v) is 10.6. The standard InChI is InChI=1S/C22H30ClNO6/c1-6-8-13-9-14(18(17(23)10-13)20(27)29-7-2)15-11-24(12-16(15)19(25)26)21(28)30-22(3,4)5/h9-10,15-16H,6-8,11-12H2,1-5H3,(H,25,26). The van der Waals surface area contributed by atoms with Gasteiger partial charge in [-0.2, -0.15) is 0 Å². The van der Waals surface area contributed by atoms with Crippen molar-refractivity contribution in [2.45, 2.75) is 59.0 Å². The number of ether oxygens (including phenoxy) is 2. The van der Waals surface area contributed by atoms with E-state index < -0.39 is 35.5 Å². The van der Waals surface area contributed by atoms with Crippen molar-refractivity contribution in [2.75, 3.05) is 19.7 Å². The molecule has 1 amide bonds. The van der Waals surface area contributed by atoms with Gasteiger partial charge < -0.3 is 19.5 Å². The molecule has 7 nitrogen and oxygen atoms in total. The molecule has 0 spiro atoms. The van der Waals surface area contributed by atoms with Gasteiger partial charge in [0.05, 0.1) is 23.1 Å². The molecule has 0 aromatic heterocycles. The molecule has 1 saturated heterocycles. The Morgan fingerprint density at radius 2 is 1.87 bits per heavy atom. The van der Waals surface area contributed by atoms with Gasteiger partial charge >= 0.3 is 18.0 Å². The molecule has 1 fully saturated rings. The minimum atomic E-state index is -1.04. The van der Waals surface area contributed by atoms with Crippen LogP contribution in [0, 0.1) is 5.92 Å². The predicted octanol–water partition coefficient (Wildman–Crippen LogP) is 4.50. The van der Waals surface area contributed by atoms with Gasteiger partial charge in [0, 0.05) is 19.0 Å². The normalized spacial score (nSPS) is 18.9. The van der Waals surface area contributed by atoms with Crippen LogP contribution in [0.2, 0.25) is 5.02 Å². The molecule has 0 radical (unpaired) electrons. The second kappa shape index (κ2) is 9.69. The molecule has 1 aliphatic heterocycles. The lowest BCUT2D eigenvalue weighted by Gasteiger charge is -2.24. The van der Waals surface area contributed by atoms with Crippen molar-refractivity contribution in [1.29, 1.82) is 0 Å². The number of nitrogens with zero attached hydrogens (tertiary/aromatic N) is 1. The molecule has 8 heteroatoms. The molecule has 2 atom stereocenters. The van der Waals surface area contributed by atoms with Crippen LogP contribution in [0.25, 0.3) is 0 Å². The number of likely N-dealkylation sites (tertiary alicyclic amines) is 1. The number of halogens is 1. The van der Waals surface area contributed by atoms with Crippen molar-refractivity contribution in [3.05, 3.63) is 33.8 Å². The monoisotopic (exact) mass is 439 g/mol. The maximum atomic E-state index is 12.6. The first-order valence-electron chi connectivity index (χ1n) is 10.2. The van der Waals surface area contributed by atoms with E-state index in [1.165, 1.54) is 4.90 Å². The van der Waals surface area contributed by atoms with Crippen molar-refractivity contribution in [2.24, 2.45) is 5.92 Å². The summed E-state index contributed by atoms with van der Waals surface area (Å²) < 4.78 is 10.6. The first kappa shape index (κ1) is 24.0. The summed E-state index contributed by atoms with van der Waals surface area (Å²) in [6, 6.07) is 3.54. The lowest BCUT2D eigenvalue weighted by atomic mass is 9.84. The fourth-order valence-corrected chi connectivity index (χ4v) is 4.00. The maximum Gasteiger partial charge on any atom is 0.410 e. The molecule has 1 aromatic rings. The number of carboxylic acid groups (broad SMARTS) is 1. The summed E-state index contributed by atoms with van der Waals surface area (Å²) in [6.45, 7) is 9.24. The molecule has 0 saturated carbocycles. The van der Waals surface area contributed by atoms with Gasteiger partial charge in [-0.25, -0.2) is 9.59 Å². The third-order valence-electron chi connectivity index (χ3n) is 4.89. The molecule has 0 aliphatic carbocycles. The number of rotatable bonds is 6. The average molecular weight is 440 g/mol. The van der Waals surface area contributed by atoms with Crippen molar-refractivity contribution in [3.63, 3.8) is 0 Å². The Balaban J connectivity index is 2.51. The van der Waals surface area contributed by atoms with E-state index in [4.69, 9.17) is 21.1 Å². The highest BCUT2D eigenvalue weighted by Gasteiger charge is 2.43. The number of carboxylic acids is 1. The summed E-state index contributed by atoms with van der Waals surface area (Å²) >= 11 is 6.44. The molecule has 2 rings (SSSR count). The molecule has 2 unspecified atom stereocenters. The number of aliphatic carboxylic acids is 1. The van der Waals surface area contributed by atoms with Gasteiger partial charge in [-0.3, -0.25) is 4.79 Å². The van der Waals surface area contributed by atoms with E-state index in [0.717, 1.165) is 18.4 Å². The van der Waals surface area contributed by atoms with Gasteiger partial charge in [-0.15, -0.1) is 0 Å². The minimum Gasteiger partial charge on any atom is -0.481 e.